The van der Waals surface area contributed by atoms with Crippen LogP contribution >= 0.6 is 11.3 Å². The van der Waals surface area contributed by atoms with Crippen LogP contribution in [0.25, 0.3) is 0 Å². The van der Waals surface area contributed by atoms with Crippen LogP contribution in [0.15, 0.2) is 29.6 Å². The van der Waals surface area contributed by atoms with E-state index in [2.05, 4.69) is 4.98 Å². The number of pyridine rings is 1. The van der Waals surface area contributed by atoms with Crippen molar-refractivity contribution in [2.24, 2.45) is 0 Å². The highest BCUT2D eigenvalue weighted by molar-refractivity contribution is 7.10. The number of rotatable bonds is 2. The van der Waals surface area contributed by atoms with E-state index in [0.717, 1.165) is 21.8 Å². The second-order valence-electron chi connectivity index (χ2n) is 3.60. The van der Waals surface area contributed by atoms with Crippen molar-refractivity contribution in [2.45, 2.75) is 20.0 Å². The second-order valence-corrected chi connectivity index (χ2v) is 4.58. The summed E-state index contributed by atoms with van der Waals surface area (Å²) in [5.74, 6) is 0. The van der Waals surface area contributed by atoms with Gasteiger partial charge in [0.2, 0.25) is 0 Å². The quantitative estimate of drug-likeness (QED) is 0.842. The van der Waals surface area contributed by atoms with Gasteiger partial charge in [0.25, 0.3) is 0 Å². The molecule has 2 aromatic rings. The van der Waals surface area contributed by atoms with Crippen molar-refractivity contribution < 1.29 is 5.11 Å². The van der Waals surface area contributed by atoms with Crippen molar-refractivity contribution in [3.8, 4) is 0 Å². The molecule has 2 nitrogen and oxygen atoms in total. The van der Waals surface area contributed by atoms with Crippen LogP contribution in [-0.2, 0) is 0 Å². The van der Waals surface area contributed by atoms with Crippen LogP contribution < -0.4 is 0 Å². The van der Waals surface area contributed by atoms with E-state index < -0.39 is 6.10 Å². The predicted octanol–water partition coefficient (Wildman–Crippen LogP) is 2.84. The molecule has 1 N–H and O–H groups in total. The third-order valence-corrected chi connectivity index (χ3v) is 3.16. The van der Waals surface area contributed by atoms with E-state index in [1.54, 1.807) is 11.3 Å². The minimum atomic E-state index is -0.523. The minimum Gasteiger partial charge on any atom is -0.383 e. The van der Waals surface area contributed by atoms with Crippen LogP contribution in [-0.4, -0.2) is 10.1 Å². The number of aryl methyl sites for hydroxylation is 2. The monoisotopic (exact) mass is 219 g/mol. The molecule has 0 aliphatic rings. The molecule has 1 atom stereocenters. The summed E-state index contributed by atoms with van der Waals surface area (Å²) >= 11 is 1.57. The second kappa shape index (κ2) is 4.13. The SMILES string of the molecule is Cc1cc(C(O)c2cccs2)cc(C)n1. The molecular weight excluding hydrogens is 206 g/mol. The number of aromatic nitrogens is 1. The van der Waals surface area contributed by atoms with Gasteiger partial charge in [0, 0.05) is 16.3 Å². The molecule has 2 rings (SSSR count). The smallest absolute Gasteiger partial charge is 0.113 e. The van der Waals surface area contributed by atoms with Gasteiger partial charge < -0.3 is 5.11 Å². The van der Waals surface area contributed by atoms with Crippen LogP contribution in [0.5, 0.6) is 0 Å². The molecule has 0 saturated heterocycles. The lowest BCUT2D eigenvalue weighted by atomic mass is 10.1. The Morgan fingerprint density at radius 2 is 1.93 bits per heavy atom. The summed E-state index contributed by atoms with van der Waals surface area (Å²) in [5, 5.41) is 12.1. The van der Waals surface area contributed by atoms with Gasteiger partial charge in [-0.1, -0.05) is 6.07 Å². The van der Waals surface area contributed by atoms with Crippen molar-refractivity contribution >= 4 is 11.3 Å². The molecule has 0 fully saturated rings. The highest BCUT2D eigenvalue weighted by Crippen LogP contribution is 2.26. The number of nitrogens with zero attached hydrogens (tertiary/aromatic N) is 1. The molecule has 0 bridgehead atoms. The number of thiophene rings is 1. The molecule has 2 aromatic heterocycles. The van der Waals surface area contributed by atoms with E-state index in [1.807, 2.05) is 43.5 Å². The molecule has 0 spiro atoms. The summed E-state index contributed by atoms with van der Waals surface area (Å²) in [7, 11) is 0. The van der Waals surface area contributed by atoms with E-state index in [4.69, 9.17) is 0 Å². The van der Waals surface area contributed by atoms with Gasteiger partial charge >= 0.3 is 0 Å². The largest absolute Gasteiger partial charge is 0.383 e. The summed E-state index contributed by atoms with van der Waals surface area (Å²) in [5.41, 5.74) is 2.81. The van der Waals surface area contributed by atoms with E-state index >= 15 is 0 Å². The van der Waals surface area contributed by atoms with Crippen molar-refractivity contribution in [3.05, 3.63) is 51.5 Å². The zero-order chi connectivity index (χ0) is 10.8. The Hall–Kier alpha value is -1.19. The van der Waals surface area contributed by atoms with E-state index in [-0.39, 0.29) is 0 Å². The first-order valence-electron chi connectivity index (χ1n) is 4.83. The van der Waals surface area contributed by atoms with Gasteiger partial charge in [-0.25, -0.2) is 0 Å². The molecule has 0 aromatic carbocycles. The third kappa shape index (κ3) is 2.25. The Kier molecular flexibility index (Phi) is 2.84. The fourth-order valence-corrected chi connectivity index (χ4v) is 2.37. The van der Waals surface area contributed by atoms with Crippen LogP contribution in [0.2, 0.25) is 0 Å². The van der Waals surface area contributed by atoms with Gasteiger partial charge in [-0.15, -0.1) is 11.3 Å². The maximum Gasteiger partial charge on any atom is 0.113 e. The van der Waals surface area contributed by atoms with Gasteiger partial charge in [-0.2, -0.15) is 0 Å². The number of hydrogen-bond acceptors (Lipinski definition) is 3. The Morgan fingerprint density at radius 3 is 2.47 bits per heavy atom. The summed E-state index contributed by atoms with van der Waals surface area (Å²) in [4.78, 5) is 5.26. The zero-order valence-corrected chi connectivity index (χ0v) is 9.58. The highest BCUT2D eigenvalue weighted by Gasteiger charge is 2.12. The fraction of sp³-hybridized carbons (Fsp3) is 0.250. The molecule has 0 amide bonds. The Morgan fingerprint density at radius 1 is 1.27 bits per heavy atom. The van der Waals surface area contributed by atoms with E-state index in [9.17, 15) is 5.11 Å². The first kappa shape index (κ1) is 10.3. The summed E-state index contributed by atoms with van der Waals surface area (Å²) in [6.07, 6.45) is -0.523. The average molecular weight is 219 g/mol. The molecule has 78 valence electrons. The van der Waals surface area contributed by atoms with Gasteiger partial charge in [0.1, 0.15) is 6.10 Å². The van der Waals surface area contributed by atoms with E-state index in [0.29, 0.717) is 0 Å². The maximum atomic E-state index is 10.1. The lowest BCUT2D eigenvalue weighted by Crippen LogP contribution is -1.99. The normalized spacial score (nSPS) is 12.7. The highest BCUT2D eigenvalue weighted by atomic mass is 32.1. The van der Waals surface area contributed by atoms with Gasteiger partial charge in [-0.05, 0) is 43.0 Å². The zero-order valence-electron chi connectivity index (χ0n) is 8.77. The predicted molar refractivity (Wildman–Crippen MR) is 62.1 cm³/mol. The molecule has 0 aliphatic carbocycles. The Balaban J connectivity index is 2.37. The first-order valence-corrected chi connectivity index (χ1v) is 5.71. The lowest BCUT2D eigenvalue weighted by Gasteiger charge is -2.10. The molecule has 3 heteroatoms. The molecule has 1 unspecified atom stereocenters. The van der Waals surface area contributed by atoms with Gasteiger partial charge in [0.15, 0.2) is 0 Å². The standard InChI is InChI=1S/C12H13NOS/c1-8-6-10(7-9(2)13-8)12(14)11-4-3-5-15-11/h3-7,12,14H,1-2H3. The molecule has 0 saturated carbocycles. The van der Waals surface area contributed by atoms with Gasteiger partial charge in [-0.3, -0.25) is 4.98 Å². The molecular formula is C12H13NOS. The Labute approximate surface area is 93.2 Å². The topological polar surface area (TPSA) is 33.1 Å². The fourth-order valence-electron chi connectivity index (χ4n) is 1.64. The van der Waals surface area contributed by atoms with Crippen LogP contribution in [0, 0.1) is 13.8 Å². The number of aliphatic hydroxyl groups excluding tert-OH is 1. The first-order chi connectivity index (χ1) is 7.16. The third-order valence-electron chi connectivity index (χ3n) is 2.23. The summed E-state index contributed by atoms with van der Waals surface area (Å²) in [6.45, 7) is 3.88. The lowest BCUT2D eigenvalue weighted by molar-refractivity contribution is 0.224. The van der Waals surface area contributed by atoms with Crippen molar-refractivity contribution in [2.75, 3.05) is 0 Å². The number of aliphatic hydroxyl groups is 1. The average Bonchev–Trinajstić information content (AvgIpc) is 2.67. The van der Waals surface area contributed by atoms with Crippen molar-refractivity contribution in [3.63, 3.8) is 0 Å². The Bertz CT molecular complexity index is 430. The van der Waals surface area contributed by atoms with E-state index in [1.165, 1.54) is 0 Å². The van der Waals surface area contributed by atoms with Crippen LogP contribution in [0.1, 0.15) is 27.9 Å². The summed E-state index contributed by atoms with van der Waals surface area (Å²) in [6, 6.07) is 7.75. The van der Waals surface area contributed by atoms with Gasteiger partial charge in [0.05, 0.1) is 0 Å². The summed E-state index contributed by atoms with van der Waals surface area (Å²) < 4.78 is 0. The van der Waals surface area contributed by atoms with Crippen molar-refractivity contribution in [1.29, 1.82) is 0 Å². The molecule has 0 radical (unpaired) electrons. The molecule has 15 heavy (non-hydrogen) atoms. The molecule has 0 aliphatic heterocycles. The van der Waals surface area contributed by atoms with Crippen LogP contribution in [0.4, 0.5) is 0 Å². The van der Waals surface area contributed by atoms with Crippen LogP contribution in [0.3, 0.4) is 0 Å². The molecule has 2 heterocycles. The number of hydrogen-bond donors (Lipinski definition) is 1. The maximum absolute atomic E-state index is 10.1. The minimum absolute atomic E-state index is 0.523. The van der Waals surface area contributed by atoms with Crippen molar-refractivity contribution in [1.82, 2.24) is 4.98 Å².